The first-order valence-electron chi connectivity index (χ1n) is 9.61. The second kappa shape index (κ2) is 7.40. The fourth-order valence-corrected chi connectivity index (χ4v) is 4.77. The topological polar surface area (TPSA) is 88.5 Å². The molecule has 0 unspecified atom stereocenters. The molecule has 4 rings (SSSR count). The molecular formula is C20H27N5O2. The van der Waals surface area contributed by atoms with Crippen LogP contribution in [-0.4, -0.2) is 59.1 Å². The van der Waals surface area contributed by atoms with Crippen LogP contribution in [0.1, 0.15) is 47.3 Å². The number of aromatic nitrogens is 2. The third-order valence-corrected chi connectivity index (χ3v) is 6.05. The average molecular weight is 369 g/mol. The molecular weight excluding hydrogens is 342 g/mol. The lowest BCUT2D eigenvalue weighted by Gasteiger charge is -2.49. The van der Waals surface area contributed by atoms with E-state index in [0.29, 0.717) is 23.8 Å². The number of benzene rings is 1. The average Bonchev–Trinajstić information content (AvgIpc) is 3.13. The third kappa shape index (κ3) is 4.04. The lowest BCUT2D eigenvalue weighted by atomic mass is 9.68. The third-order valence-electron chi connectivity index (χ3n) is 6.05. The van der Waals surface area contributed by atoms with Crippen LogP contribution in [0.3, 0.4) is 0 Å². The van der Waals surface area contributed by atoms with Crippen molar-refractivity contribution in [1.29, 1.82) is 0 Å². The zero-order chi connectivity index (χ0) is 18.9. The lowest BCUT2D eigenvalue weighted by Crippen LogP contribution is -2.50. The van der Waals surface area contributed by atoms with E-state index in [1.807, 2.05) is 0 Å². The molecule has 7 heteroatoms. The van der Waals surface area contributed by atoms with E-state index in [2.05, 4.69) is 57.3 Å². The maximum Gasteiger partial charge on any atom is 0.290 e. The van der Waals surface area contributed by atoms with Crippen LogP contribution in [0.2, 0.25) is 0 Å². The van der Waals surface area contributed by atoms with Crippen LogP contribution in [0.25, 0.3) is 0 Å². The number of nitrogens with two attached hydrogens (primary N) is 1. The summed E-state index contributed by atoms with van der Waals surface area (Å²) >= 11 is 0. The highest BCUT2D eigenvalue weighted by atomic mass is 16.5. The van der Waals surface area contributed by atoms with Crippen LogP contribution in [0, 0.1) is 5.41 Å². The number of hydrogen-bond acceptors (Lipinski definition) is 6. The van der Waals surface area contributed by atoms with E-state index in [-0.39, 0.29) is 5.82 Å². The maximum absolute atomic E-state index is 11.1. The van der Waals surface area contributed by atoms with Crippen molar-refractivity contribution in [2.24, 2.45) is 11.1 Å². The molecule has 2 aliphatic heterocycles. The van der Waals surface area contributed by atoms with Crippen molar-refractivity contribution in [1.82, 2.24) is 19.9 Å². The quantitative estimate of drug-likeness (QED) is 0.885. The Morgan fingerprint density at radius 1 is 1.30 bits per heavy atom. The molecule has 1 aromatic heterocycles. The molecule has 27 heavy (non-hydrogen) atoms. The van der Waals surface area contributed by atoms with E-state index in [1.165, 1.54) is 12.0 Å². The van der Waals surface area contributed by atoms with Crippen molar-refractivity contribution in [3.05, 3.63) is 47.6 Å². The van der Waals surface area contributed by atoms with E-state index in [0.717, 1.165) is 39.0 Å². The first-order chi connectivity index (χ1) is 13.0. The summed E-state index contributed by atoms with van der Waals surface area (Å²) in [5.74, 6) is 0.367. The summed E-state index contributed by atoms with van der Waals surface area (Å²) in [6, 6.07) is 10.9. The predicted octanol–water partition coefficient (Wildman–Crippen LogP) is 1.87. The number of hydrogen-bond donors (Lipinski definition) is 1. The molecule has 0 radical (unpaired) electrons. The minimum atomic E-state index is -0.653. The molecule has 7 nitrogen and oxygen atoms in total. The number of piperidine rings is 2. The molecule has 2 N–H and O–H groups in total. The largest absolute Gasteiger partial charge is 0.363 e. The Balaban J connectivity index is 1.38. The summed E-state index contributed by atoms with van der Waals surface area (Å²) in [5.41, 5.74) is 7.01. The van der Waals surface area contributed by atoms with Gasteiger partial charge in [-0.15, -0.1) is 0 Å². The Bertz CT molecular complexity index is 783. The van der Waals surface area contributed by atoms with Crippen LogP contribution in [0.5, 0.6) is 0 Å². The van der Waals surface area contributed by atoms with Crippen LogP contribution >= 0.6 is 0 Å². The molecule has 1 spiro atoms. The monoisotopic (exact) mass is 369 g/mol. The fourth-order valence-electron chi connectivity index (χ4n) is 4.77. The first kappa shape index (κ1) is 18.1. The fraction of sp³-hybridized carbons (Fsp3) is 0.550. The highest BCUT2D eigenvalue weighted by molar-refractivity contribution is 5.88. The highest BCUT2D eigenvalue weighted by Gasteiger charge is 2.41. The number of rotatable bonds is 4. The van der Waals surface area contributed by atoms with Gasteiger partial charge in [0.15, 0.2) is 0 Å². The van der Waals surface area contributed by atoms with Crippen molar-refractivity contribution in [2.75, 3.05) is 33.2 Å². The Morgan fingerprint density at radius 2 is 2.04 bits per heavy atom. The van der Waals surface area contributed by atoms with E-state index < -0.39 is 5.91 Å². The van der Waals surface area contributed by atoms with Gasteiger partial charge in [0.05, 0.1) is 6.54 Å². The number of likely N-dealkylation sites (tertiary alicyclic amines) is 2. The standard InChI is InChI=1S/C20H27N5O2/c1-24-12-16(15-5-3-2-4-6-15)11-20(14-24)7-9-25(10-8-20)13-17-22-19(18(21)26)23-27-17/h2-6,16H,7-14H2,1H3,(H2,21,26)/t16-/m0/s1. The molecule has 144 valence electrons. The lowest BCUT2D eigenvalue weighted by molar-refractivity contribution is 0.0191. The van der Waals surface area contributed by atoms with Gasteiger partial charge in [-0.2, -0.15) is 4.98 Å². The second-order valence-corrected chi connectivity index (χ2v) is 8.16. The smallest absolute Gasteiger partial charge is 0.290 e. The van der Waals surface area contributed by atoms with Crippen molar-refractivity contribution >= 4 is 5.91 Å². The van der Waals surface area contributed by atoms with E-state index in [4.69, 9.17) is 10.3 Å². The number of carbonyl (C=O) groups excluding carboxylic acids is 1. The van der Waals surface area contributed by atoms with Gasteiger partial charge in [-0.25, -0.2) is 0 Å². The Morgan fingerprint density at radius 3 is 2.70 bits per heavy atom. The van der Waals surface area contributed by atoms with E-state index in [9.17, 15) is 4.79 Å². The maximum atomic E-state index is 11.1. The molecule has 0 bridgehead atoms. The molecule has 2 aromatic rings. The number of amides is 1. The van der Waals surface area contributed by atoms with Gasteiger partial charge in [-0.1, -0.05) is 35.5 Å². The minimum Gasteiger partial charge on any atom is -0.363 e. The molecule has 0 aliphatic carbocycles. The summed E-state index contributed by atoms with van der Waals surface area (Å²) in [6.45, 7) is 4.88. The number of nitrogens with zero attached hydrogens (tertiary/aromatic N) is 4. The van der Waals surface area contributed by atoms with Gasteiger partial charge in [-0.05, 0) is 56.3 Å². The van der Waals surface area contributed by atoms with E-state index in [1.54, 1.807) is 0 Å². The van der Waals surface area contributed by atoms with Crippen molar-refractivity contribution in [2.45, 2.75) is 31.7 Å². The summed E-state index contributed by atoms with van der Waals surface area (Å²) in [6.07, 6.45) is 3.58. The molecule has 1 atom stereocenters. The number of primary amides is 1. The Hall–Kier alpha value is -2.25. The summed E-state index contributed by atoms with van der Waals surface area (Å²) in [4.78, 5) is 20.0. The van der Waals surface area contributed by atoms with Crippen LogP contribution in [-0.2, 0) is 6.54 Å². The summed E-state index contributed by atoms with van der Waals surface area (Å²) in [7, 11) is 2.24. The van der Waals surface area contributed by atoms with Crippen molar-refractivity contribution in [3.63, 3.8) is 0 Å². The molecule has 1 amide bonds. The molecule has 3 heterocycles. The summed E-state index contributed by atoms with van der Waals surface area (Å²) in [5, 5.41) is 3.62. The SMILES string of the molecule is CN1C[C@@H](c2ccccc2)CC2(CCN(Cc3nc(C(N)=O)no3)CC2)C1. The van der Waals surface area contributed by atoms with Crippen molar-refractivity contribution in [3.8, 4) is 0 Å². The number of likely N-dealkylation sites (N-methyl/N-ethyl adjacent to an activating group) is 1. The highest BCUT2D eigenvalue weighted by Crippen LogP contribution is 2.44. The minimum absolute atomic E-state index is 0.0434. The molecule has 2 aliphatic rings. The zero-order valence-electron chi connectivity index (χ0n) is 15.8. The molecule has 1 aromatic carbocycles. The van der Waals surface area contributed by atoms with Gasteiger partial charge in [0.2, 0.25) is 5.89 Å². The normalized spacial score (nSPS) is 23.5. The molecule has 0 saturated carbocycles. The first-order valence-corrected chi connectivity index (χ1v) is 9.61. The van der Waals surface area contributed by atoms with Gasteiger partial charge in [-0.3, -0.25) is 9.69 Å². The van der Waals surface area contributed by atoms with Gasteiger partial charge in [0.1, 0.15) is 0 Å². The second-order valence-electron chi connectivity index (χ2n) is 8.16. The number of carbonyl (C=O) groups is 1. The van der Waals surface area contributed by atoms with Crippen LogP contribution in [0.4, 0.5) is 0 Å². The van der Waals surface area contributed by atoms with Gasteiger partial charge in [0.25, 0.3) is 11.7 Å². The van der Waals surface area contributed by atoms with Gasteiger partial charge < -0.3 is 15.2 Å². The summed E-state index contributed by atoms with van der Waals surface area (Å²) < 4.78 is 5.15. The van der Waals surface area contributed by atoms with Crippen molar-refractivity contribution < 1.29 is 9.32 Å². The Kier molecular flexibility index (Phi) is 4.97. The van der Waals surface area contributed by atoms with Gasteiger partial charge >= 0.3 is 0 Å². The van der Waals surface area contributed by atoms with E-state index >= 15 is 0 Å². The molecule has 2 fully saturated rings. The predicted molar refractivity (Wildman–Crippen MR) is 101 cm³/mol. The van der Waals surface area contributed by atoms with Gasteiger partial charge in [0, 0.05) is 13.1 Å². The zero-order valence-corrected chi connectivity index (χ0v) is 15.8. The molecule has 2 saturated heterocycles. The van der Waals surface area contributed by atoms with Crippen LogP contribution in [0.15, 0.2) is 34.9 Å². The van der Waals surface area contributed by atoms with Crippen LogP contribution < -0.4 is 5.73 Å². The Labute approximate surface area is 159 Å².